The smallest absolute Gasteiger partial charge is 0.410 e. The average Bonchev–Trinajstić information content (AvgIpc) is 2.78. The summed E-state index contributed by atoms with van der Waals surface area (Å²) in [6.07, 6.45) is 8.43. The Morgan fingerprint density at radius 3 is 2.53 bits per heavy atom. The van der Waals surface area contributed by atoms with Crippen LogP contribution in [0.3, 0.4) is 0 Å². The van der Waals surface area contributed by atoms with Crippen molar-refractivity contribution in [2.75, 3.05) is 19.7 Å². The van der Waals surface area contributed by atoms with E-state index in [0.717, 1.165) is 38.8 Å². The summed E-state index contributed by atoms with van der Waals surface area (Å²) in [5.41, 5.74) is -0.0683. The lowest BCUT2D eigenvalue weighted by Gasteiger charge is -2.45. The zero-order valence-electron chi connectivity index (χ0n) is 12.0. The largest absolute Gasteiger partial charge is 0.447 e. The Morgan fingerprint density at radius 1 is 1.16 bits per heavy atom. The second kappa shape index (κ2) is 5.31. The van der Waals surface area contributed by atoms with E-state index in [9.17, 15) is 4.79 Å². The van der Waals surface area contributed by atoms with Crippen LogP contribution in [-0.4, -0.2) is 42.3 Å². The number of nitrogens with zero attached hydrogens (tertiary/aromatic N) is 1. The number of cyclic esters (lactones) is 1. The van der Waals surface area contributed by atoms with Gasteiger partial charge in [0, 0.05) is 6.04 Å². The van der Waals surface area contributed by atoms with Gasteiger partial charge in [0.15, 0.2) is 0 Å². The Hall–Kier alpha value is -0.770. The van der Waals surface area contributed by atoms with Crippen molar-refractivity contribution in [3.63, 3.8) is 0 Å². The molecule has 19 heavy (non-hydrogen) atoms. The van der Waals surface area contributed by atoms with E-state index < -0.39 is 0 Å². The zero-order chi connectivity index (χ0) is 13.3. The molecule has 1 amide bonds. The first kappa shape index (κ1) is 13.2. The summed E-state index contributed by atoms with van der Waals surface area (Å²) in [5.74, 6) is 0.585. The number of hydrogen-bond acceptors (Lipinski definition) is 3. The fraction of sp³-hybridized carbons (Fsp3) is 0.933. The molecule has 1 unspecified atom stereocenters. The van der Waals surface area contributed by atoms with Crippen molar-refractivity contribution in [3.05, 3.63) is 0 Å². The van der Waals surface area contributed by atoms with Crippen LogP contribution < -0.4 is 5.32 Å². The molecule has 0 radical (unpaired) electrons. The lowest BCUT2D eigenvalue weighted by atomic mass is 9.77. The molecule has 3 rings (SSSR count). The monoisotopic (exact) mass is 266 g/mol. The van der Waals surface area contributed by atoms with Gasteiger partial charge in [0.1, 0.15) is 6.61 Å². The third kappa shape index (κ3) is 2.35. The highest BCUT2D eigenvalue weighted by molar-refractivity contribution is 5.71. The van der Waals surface area contributed by atoms with E-state index in [1.807, 2.05) is 0 Å². The fourth-order valence-corrected chi connectivity index (χ4v) is 4.22. The Bertz CT molecular complexity index is 335. The minimum Gasteiger partial charge on any atom is -0.447 e. The number of piperidine rings is 1. The summed E-state index contributed by atoms with van der Waals surface area (Å²) >= 11 is 0. The first-order chi connectivity index (χ1) is 9.22. The van der Waals surface area contributed by atoms with Gasteiger partial charge < -0.3 is 10.1 Å². The molecule has 4 nitrogen and oxygen atoms in total. The van der Waals surface area contributed by atoms with Gasteiger partial charge in [-0.25, -0.2) is 4.79 Å². The van der Waals surface area contributed by atoms with E-state index in [1.165, 1.54) is 19.3 Å². The Balaban J connectivity index is 1.79. The number of hydrogen-bond donors (Lipinski definition) is 1. The van der Waals surface area contributed by atoms with Gasteiger partial charge in [0.25, 0.3) is 0 Å². The van der Waals surface area contributed by atoms with Crippen LogP contribution >= 0.6 is 0 Å². The molecule has 2 aliphatic heterocycles. The Kier molecular flexibility index (Phi) is 3.70. The highest BCUT2D eigenvalue weighted by Crippen LogP contribution is 2.40. The van der Waals surface area contributed by atoms with Gasteiger partial charge in [-0.2, -0.15) is 0 Å². The maximum absolute atomic E-state index is 12.2. The highest BCUT2D eigenvalue weighted by Gasteiger charge is 2.51. The molecule has 4 heteroatoms. The van der Waals surface area contributed by atoms with Crippen molar-refractivity contribution in [2.24, 2.45) is 5.92 Å². The lowest BCUT2D eigenvalue weighted by Crippen LogP contribution is -2.57. The van der Waals surface area contributed by atoms with Crippen molar-refractivity contribution in [3.8, 4) is 0 Å². The molecule has 0 aromatic rings. The number of ether oxygens (including phenoxy) is 1. The zero-order valence-corrected chi connectivity index (χ0v) is 12.0. The topological polar surface area (TPSA) is 41.6 Å². The maximum Gasteiger partial charge on any atom is 0.410 e. The molecule has 1 N–H and O–H groups in total. The van der Waals surface area contributed by atoms with Crippen molar-refractivity contribution in [2.45, 2.75) is 63.5 Å². The van der Waals surface area contributed by atoms with E-state index >= 15 is 0 Å². The molecule has 1 aliphatic carbocycles. The summed E-state index contributed by atoms with van der Waals surface area (Å²) in [5, 5.41) is 3.42. The molecule has 3 fully saturated rings. The van der Waals surface area contributed by atoms with E-state index in [-0.39, 0.29) is 11.6 Å². The van der Waals surface area contributed by atoms with Crippen LogP contribution in [0, 0.1) is 5.92 Å². The molecule has 1 saturated carbocycles. The normalized spacial score (nSPS) is 34.6. The van der Waals surface area contributed by atoms with E-state index in [2.05, 4.69) is 17.1 Å². The van der Waals surface area contributed by atoms with Crippen molar-refractivity contribution < 1.29 is 9.53 Å². The van der Waals surface area contributed by atoms with Gasteiger partial charge in [-0.1, -0.05) is 19.3 Å². The first-order valence-electron chi connectivity index (χ1n) is 7.88. The second-order valence-corrected chi connectivity index (χ2v) is 6.60. The summed E-state index contributed by atoms with van der Waals surface area (Å²) in [4.78, 5) is 14.3. The minimum absolute atomic E-state index is 0.0621. The third-order valence-corrected chi connectivity index (χ3v) is 5.39. The predicted molar refractivity (Wildman–Crippen MR) is 74.1 cm³/mol. The molecular formula is C15H26N2O2. The summed E-state index contributed by atoms with van der Waals surface area (Å²) < 4.78 is 5.45. The van der Waals surface area contributed by atoms with Crippen LogP contribution in [0.1, 0.15) is 51.9 Å². The van der Waals surface area contributed by atoms with Gasteiger partial charge in [-0.05, 0) is 51.6 Å². The van der Waals surface area contributed by atoms with Crippen molar-refractivity contribution in [1.82, 2.24) is 10.2 Å². The molecule has 1 atom stereocenters. The summed E-state index contributed by atoms with van der Waals surface area (Å²) in [7, 11) is 0. The molecule has 3 aliphatic rings. The first-order valence-corrected chi connectivity index (χ1v) is 7.88. The molecule has 0 spiro atoms. The van der Waals surface area contributed by atoms with Gasteiger partial charge in [0.05, 0.1) is 5.54 Å². The molecule has 108 valence electrons. The number of nitrogens with one attached hydrogen (secondary N) is 1. The Labute approximate surface area is 115 Å². The van der Waals surface area contributed by atoms with E-state index in [4.69, 9.17) is 4.74 Å². The standard InChI is InChI=1S/C15H26N2O2/c1-15(12-7-9-16-10-8-12)11-19-14(18)17(15)13-5-3-2-4-6-13/h12-13,16H,2-11H2,1H3. The average molecular weight is 266 g/mol. The van der Waals surface area contributed by atoms with Crippen LogP contribution in [0.5, 0.6) is 0 Å². The maximum atomic E-state index is 12.2. The SMILES string of the molecule is CC1(C2CCNCC2)COC(=O)N1C1CCCCC1. The van der Waals surface area contributed by atoms with Crippen LogP contribution in [0.2, 0.25) is 0 Å². The lowest BCUT2D eigenvalue weighted by molar-refractivity contribution is 0.0511. The van der Waals surface area contributed by atoms with Gasteiger partial charge >= 0.3 is 6.09 Å². The van der Waals surface area contributed by atoms with Crippen LogP contribution in [0.4, 0.5) is 4.79 Å². The molecule has 0 aromatic heterocycles. The van der Waals surface area contributed by atoms with Crippen molar-refractivity contribution >= 4 is 6.09 Å². The second-order valence-electron chi connectivity index (χ2n) is 6.60. The van der Waals surface area contributed by atoms with Gasteiger partial charge in [-0.15, -0.1) is 0 Å². The predicted octanol–water partition coefficient (Wildman–Crippen LogP) is 2.53. The van der Waals surface area contributed by atoms with Crippen molar-refractivity contribution in [1.29, 1.82) is 0 Å². The molecule has 2 heterocycles. The third-order valence-electron chi connectivity index (χ3n) is 5.39. The van der Waals surface area contributed by atoms with Gasteiger partial charge in [-0.3, -0.25) is 4.90 Å². The number of carbonyl (C=O) groups is 1. The Morgan fingerprint density at radius 2 is 1.84 bits per heavy atom. The number of amides is 1. The van der Waals surface area contributed by atoms with Crippen LogP contribution in [0.15, 0.2) is 0 Å². The minimum atomic E-state index is -0.0683. The van der Waals surface area contributed by atoms with E-state index in [1.54, 1.807) is 0 Å². The molecule has 2 saturated heterocycles. The molecule has 0 aromatic carbocycles. The van der Waals surface area contributed by atoms with E-state index in [0.29, 0.717) is 18.6 Å². The molecular weight excluding hydrogens is 240 g/mol. The van der Waals surface area contributed by atoms with Gasteiger partial charge in [0.2, 0.25) is 0 Å². The summed E-state index contributed by atoms with van der Waals surface area (Å²) in [6, 6.07) is 0.420. The summed E-state index contributed by atoms with van der Waals surface area (Å²) in [6.45, 7) is 5.00. The molecule has 0 bridgehead atoms. The fourth-order valence-electron chi connectivity index (χ4n) is 4.22. The number of rotatable bonds is 2. The van der Waals surface area contributed by atoms with Crippen LogP contribution in [-0.2, 0) is 4.74 Å². The number of carbonyl (C=O) groups excluding carboxylic acids is 1. The van der Waals surface area contributed by atoms with Crippen LogP contribution in [0.25, 0.3) is 0 Å². The quantitative estimate of drug-likeness (QED) is 0.835. The highest BCUT2D eigenvalue weighted by atomic mass is 16.6.